The van der Waals surface area contributed by atoms with E-state index in [0.717, 1.165) is 58.4 Å². The van der Waals surface area contributed by atoms with Gasteiger partial charge in [0.1, 0.15) is 5.82 Å². The van der Waals surface area contributed by atoms with E-state index < -0.39 is 0 Å². The van der Waals surface area contributed by atoms with Crippen LogP contribution >= 0.6 is 11.3 Å². The second-order valence-corrected chi connectivity index (χ2v) is 12.3. The molecule has 3 N–H and O–H groups in total. The first-order valence-corrected chi connectivity index (χ1v) is 16.1. The van der Waals surface area contributed by atoms with Crippen LogP contribution in [-0.4, -0.2) is 20.1 Å². The van der Waals surface area contributed by atoms with Crippen LogP contribution in [0.4, 0.5) is 10.1 Å². The second kappa shape index (κ2) is 18.7. The van der Waals surface area contributed by atoms with E-state index in [1.54, 1.807) is 11.3 Å². The maximum Gasteiger partial charge on any atom is 0.136 e. The predicted octanol–water partition coefficient (Wildman–Crippen LogP) is 9.99. The molecule has 0 radical (unpaired) electrons. The highest BCUT2D eigenvalue weighted by Crippen LogP contribution is 2.32. The topological polar surface area (TPSA) is 36.1 Å². The van der Waals surface area contributed by atoms with Crippen molar-refractivity contribution in [2.24, 2.45) is 5.92 Å². The van der Waals surface area contributed by atoms with Crippen molar-refractivity contribution in [1.82, 2.24) is 10.6 Å². The molecular formula is C39H50FN3S. The van der Waals surface area contributed by atoms with Crippen LogP contribution in [-0.2, 0) is 6.42 Å². The largest absolute Gasteiger partial charge is 0.388 e. The van der Waals surface area contributed by atoms with Gasteiger partial charge >= 0.3 is 0 Å². The number of aryl methyl sites for hydroxylation is 1. The molecule has 1 fully saturated rings. The number of halogens is 1. The highest BCUT2D eigenvalue weighted by atomic mass is 32.1. The maximum atomic E-state index is 16.2. The molecule has 0 aliphatic heterocycles. The second-order valence-electron chi connectivity index (χ2n) is 11.0. The minimum atomic E-state index is -0.240. The molecule has 3 rings (SSSR count). The summed E-state index contributed by atoms with van der Waals surface area (Å²) >= 11 is 1.75. The predicted molar refractivity (Wildman–Crippen MR) is 194 cm³/mol. The Labute approximate surface area is 270 Å². The van der Waals surface area contributed by atoms with Gasteiger partial charge in [-0.1, -0.05) is 63.0 Å². The van der Waals surface area contributed by atoms with Crippen LogP contribution in [0.3, 0.4) is 0 Å². The average Bonchev–Trinajstić information content (AvgIpc) is 3.71. The van der Waals surface area contributed by atoms with Gasteiger partial charge in [-0.2, -0.15) is 0 Å². The Morgan fingerprint density at radius 2 is 1.82 bits per heavy atom. The van der Waals surface area contributed by atoms with E-state index in [1.165, 1.54) is 35.4 Å². The van der Waals surface area contributed by atoms with Gasteiger partial charge in [0.15, 0.2) is 0 Å². The van der Waals surface area contributed by atoms with Crippen molar-refractivity contribution < 1.29 is 4.39 Å². The van der Waals surface area contributed by atoms with Gasteiger partial charge in [0.05, 0.1) is 0 Å². The molecule has 0 spiro atoms. The van der Waals surface area contributed by atoms with Crippen LogP contribution in [0, 0.1) is 31.5 Å². The van der Waals surface area contributed by atoms with E-state index in [2.05, 4.69) is 74.5 Å². The molecule has 234 valence electrons. The summed E-state index contributed by atoms with van der Waals surface area (Å²) in [7, 11) is 1.82. The number of hydrogen-bond acceptors (Lipinski definition) is 4. The van der Waals surface area contributed by atoms with Crippen LogP contribution in [0.25, 0.3) is 11.1 Å². The first kappa shape index (κ1) is 36.3. The Hall–Kier alpha value is -3.85. The maximum absolute atomic E-state index is 16.2. The summed E-state index contributed by atoms with van der Waals surface area (Å²) in [5.74, 6) is 0.524. The number of nitrogens with one attached hydrogen (secondary N) is 3. The number of allylic oxidation sites excluding steroid dienone is 9. The van der Waals surface area contributed by atoms with E-state index in [4.69, 9.17) is 0 Å². The number of terminal acetylenes is 1. The zero-order chi connectivity index (χ0) is 32.6. The molecule has 44 heavy (non-hydrogen) atoms. The van der Waals surface area contributed by atoms with Gasteiger partial charge < -0.3 is 16.0 Å². The zero-order valence-electron chi connectivity index (χ0n) is 27.3. The van der Waals surface area contributed by atoms with Crippen molar-refractivity contribution >= 4 is 28.2 Å². The third-order valence-corrected chi connectivity index (χ3v) is 9.02. The molecule has 3 nitrogen and oxygen atoms in total. The van der Waals surface area contributed by atoms with Crippen molar-refractivity contribution in [1.29, 1.82) is 0 Å². The lowest BCUT2D eigenvalue weighted by Gasteiger charge is -2.19. The van der Waals surface area contributed by atoms with Gasteiger partial charge in [0, 0.05) is 58.0 Å². The van der Waals surface area contributed by atoms with E-state index in [-0.39, 0.29) is 5.82 Å². The minimum Gasteiger partial charge on any atom is -0.388 e. The molecule has 0 amide bonds. The molecule has 1 aliphatic rings. The molecule has 1 saturated carbocycles. The van der Waals surface area contributed by atoms with E-state index in [0.29, 0.717) is 17.5 Å². The summed E-state index contributed by atoms with van der Waals surface area (Å²) < 4.78 is 16.2. The summed E-state index contributed by atoms with van der Waals surface area (Å²) in [6.07, 6.45) is 23.3. The first-order chi connectivity index (χ1) is 21.2. The van der Waals surface area contributed by atoms with Gasteiger partial charge in [-0.15, -0.1) is 24.2 Å². The Balaban J connectivity index is 0.00000330. The summed E-state index contributed by atoms with van der Waals surface area (Å²) in [5.41, 5.74) is 7.70. The minimum absolute atomic E-state index is 0.240. The van der Waals surface area contributed by atoms with E-state index in [9.17, 15) is 0 Å². The highest BCUT2D eigenvalue weighted by Gasteiger charge is 2.18. The monoisotopic (exact) mass is 611 g/mol. The molecule has 1 aliphatic carbocycles. The lowest BCUT2D eigenvalue weighted by atomic mass is 9.96. The zero-order valence-corrected chi connectivity index (χ0v) is 28.1. The number of benzene rings is 1. The summed E-state index contributed by atoms with van der Waals surface area (Å²) in [6.45, 7) is 22.1. The Morgan fingerprint density at radius 1 is 1.11 bits per heavy atom. The fourth-order valence-corrected chi connectivity index (χ4v) is 6.44. The van der Waals surface area contributed by atoms with Crippen molar-refractivity contribution in [3.8, 4) is 12.8 Å². The molecule has 0 bridgehead atoms. The van der Waals surface area contributed by atoms with Crippen molar-refractivity contribution in [2.75, 3.05) is 25.5 Å². The van der Waals surface area contributed by atoms with Gasteiger partial charge in [-0.05, 0) is 99.6 Å². The molecule has 5 heteroatoms. The molecule has 2 aromatic rings. The van der Waals surface area contributed by atoms with Gasteiger partial charge in [0.25, 0.3) is 0 Å². The molecule has 1 aromatic carbocycles. The third-order valence-electron chi connectivity index (χ3n) is 7.99. The molecule has 1 aromatic heterocycles. The van der Waals surface area contributed by atoms with Crippen LogP contribution in [0.2, 0.25) is 0 Å². The average molecular weight is 612 g/mol. The Kier molecular flexibility index (Phi) is 15.5. The summed E-state index contributed by atoms with van der Waals surface area (Å²) in [4.78, 5) is 2.45. The molecule has 0 atom stereocenters. The lowest BCUT2D eigenvalue weighted by molar-refractivity contribution is 0.503. The Morgan fingerprint density at radius 3 is 2.39 bits per heavy atom. The first-order valence-electron chi connectivity index (χ1n) is 15.3. The smallest absolute Gasteiger partial charge is 0.136 e. The molecule has 0 unspecified atom stereocenters. The SMILES string of the molecule is C#C.C=C/C=C(\C(C)=C(/C)NC(=C)Cc1c(NC)ccc(C(/C=C(\C=C)CNCC2CCCC2)=C/C)c1F)c1ccc(C)s1. The lowest BCUT2D eigenvalue weighted by Crippen LogP contribution is -2.23. The third kappa shape index (κ3) is 10.1. The number of anilines is 1. The van der Waals surface area contributed by atoms with E-state index in [1.807, 2.05) is 63.4 Å². The number of rotatable bonds is 15. The highest BCUT2D eigenvalue weighted by molar-refractivity contribution is 7.13. The van der Waals surface area contributed by atoms with Crippen LogP contribution < -0.4 is 16.0 Å². The van der Waals surface area contributed by atoms with Gasteiger partial charge in [-0.3, -0.25) is 0 Å². The molecule has 1 heterocycles. The normalized spacial score (nSPS) is 14.8. The van der Waals surface area contributed by atoms with Crippen molar-refractivity contribution in [3.63, 3.8) is 0 Å². The van der Waals surface area contributed by atoms with Gasteiger partial charge in [-0.25, -0.2) is 4.39 Å². The molecule has 0 saturated heterocycles. The van der Waals surface area contributed by atoms with Crippen LogP contribution in [0.5, 0.6) is 0 Å². The number of hydrogen-bond donors (Lipinski definition) is 3. The standard InChI is InChI=1S/C37H48FN3S.C2H2/c1-9-14-32(36-20-17-26(5)42-36)27(6)28(7)41-25(4)21-34-35(39-8)19-18-33(37(34)38)31(11-3)22-29(10-2)23-40-24-30-15-12-13-16-30;1-2/h9-11,14,17-20,22,30,39-41H,1-2,4,12-13,15-16,21,23-24H2,3,5-8H3;1-2H/b28-27+,29-22+,31-11+,32-14+;. The fraction of sp³-hybridized carbons (Fsp3) is 0.333. The number of thiophene rings is 1. The fourth-order valence-electron chi connectivity index (χ4n) is 5.49. The quantitative estimate of drug-likeness (QED) is 0.139. The van der Waals surface area contributed by atoms with Crippen LogP contribution in [0.1, 0.15) is 67.3 Å². The van der Waals surface area contributed by atoms with Gasteiger partial charge in [0.2, 0.25) is 0 Å². The summed E-state index contributed by atoms with van der Waals surface area (Å²) in [5, 5.41) is 10.2. The van der Waals surface area contributed by atoms with Crippen LogP contribution in [0.15, 0.2) is 96.9 Å². The van der Waals surface area contributed by atoms with Crippen molar-refractivity contribution in [2.45, 2.75) is 59.8 Å². The Bertz CT molecular complexity index is 1440. The van der Waals surface area contributed by atoms with E-state index >= 15 is 4.39 Å². The molecular weight excluding hydrogens is 562 g/mol. The van der Waals surface area contributed by atoms with Crippen molar-refractivity contribution in [3.05, 3.63) is 124 Å². The summed E-state index contributed by atoms with van der Waals surface area (Å²) in [6, 6.07) is 8.06.